The Balaban J connectivity index is 1.30. The summed E-state index contributed by atoms with van der Waals surface area (Å²) in [6.45, 7) is 1.61. The fourth-order valence-electron chi connectivity index (χ4n) is 6.28. The van der Waals surface area contributed by atoms with Crippen LogP contribution in [0.2, 0.25) is 10.0 Å². The molecule has 1 atom stereocenters. The predicted octanol–water partition coefficient (Wildman–Crippen LogP) is 5.51. The van der Waals surface area contributed by atoms with E-state index >= 15 is 0 Å². The van der Waals surface area contributed by atoms with E-state index in [-0.39, 0.29) is 22.9 Å². The van der Waals surface area contributed by atoms with Crippen molar-refractivity contribution >= 4 is 51.6 Å². The maximum atomic E-state index is 13.1. The zero-order chi connectivity index (χ0) is 21.9. The van der Waals surface area contributed by atoms with E-state index in [9.17, 15) is 14.7 Å². The molecule has 0 radical (unpaired) electrons. The number of benzene rings is 1. The first kappa shape index (κ1) is 20.8. The molecule has 0 spiro atoms. The molecule has 1 aromatic carbocycles. The SMILES string of the molecule is CC(NC(=O)C12CC3CC(CC(C3)C1)C2)C(=O)N=Nc1c(O)[nH]c2c(Cl)cc(Cl)cc12. The summed E-state index contributed by atoms with van der Waals surface area (Å²) >= 11 is 12.2. The van der Waals surface area contributed by atoms with E-state index in [0.717, 1.165) is 19.3 Å². The highest BCUT2D eigenvalue weighted by atomic mass is 35.5. The Morgan fingerprint density at radius 2 is 1.77 bits per heavy atom. The van der Waals surface area contributed by atoms with E-state index in [1.165, 1.54) is 25.3 Å². The number of amides is 2. The zero-order valence-electron chi connectivity index (χ0n) is 17.1. The number of nitrogens with one attached hydrogen (secondary N) is 2. The highest BCUT2D eigenvalue weighted by molar-refractivity contribution is 6.38. The molecule has 164 valence electrons. The molecule has 31 heavy (non-hydrogen) atoms. The predicted molar refractivity (Wildman–Crippen MR) is 118 cm³/mol. The number of aromatic hydroxyl groups is 1. The first-order valence-electron chi connectivity index (χ1n) is 10.7. The highest BCUT2D eigenvalue weighted by Gasteiger charge is 2.54. The molecule has 0 aliphatic heterocycles. The fourth-order valence-corrected chi connectivity index (χ4v) is 6.82. The molecular formula is C22H24Cl2N4O3. The second-order valence-corrected chi connectivity index (χ2v) is 10.4. The number of nitrogens with zero attached hydrogens (tertiary/aromatic N) is 2. The third-order valence-electron chi connectivity index (χ3n) is 7.26. The van der Waals surface area contributed by atoms with Gasteiger partial charge in [-0.05, 0) is 75.3 Å². The van der Waals surface area contributed by atoms with Crippen LogP contribution in [0.3, 0.4) is 0 Å². The summed E-state index contributed by atoms with van der Waals surface area (Å²) in [5, 5.41) is 21.8. The first-order chi connectivity index (χ1) is 14.7. The van der Waals surface area contributed by atoms with Crippen molar-refractivity contribution in [3.63, 3.8) is 0 Å². The fraction of sp³-hybridized carbons (Fsp3) is 0.545. The molecule has 0 saturated heterocycles. The van der Waals surface area contributed by atoms with Crippen LogP contribution in [0.15, 0.2) is 22.4 Å². The van der Waals surface area contributed by atoms with Gasteiger partial charge in [-0.15, -0.1) is 10.2 Å². The molecule has 2 amide bonds. The molecule has 4 aliphatic rings. The van der Waals surface area contributed by atoms with Gasteiger partial charge in [-0.3, -0.25) is 9.59 Å². The first-order valence-corrected chi connectivity index (χ1v) is 11.5. The Labute approximate surface area is 189 Å². The van der Waals surface area contributed by atoms with Crippen molar-refractivity contribution in [3.05, 3.63) is 22.2 Å². The molecule has 1 heterocycles. The van der Waals surface area contributed by atoms with Gasteiger partial charge in [0.15, 0.2) is 5.69 Å². The molecule has 7 nitrogen and oxygen atoms in total. The average molecular weight is 463 g/mol. The number of aromatic amines is 1. The quantitative estimate of drug-likeness (QED) is 0.521. The number of fused-ring (bicyclic) bond motifs is 1. The summed E-state index contributed by atoms with van der Waals surface area (Å²) in [6.07, 6.45) is 6.53. The monoisotopic (exact) mass is 462 g/mol. The van der Waals surface area contributed by atoms with E-state index in [2.05, 4.69) is 20.5 Å². The van der Waals surface area contributed by atoms with Crippen molar-refractivity contribution < 1.29 is 14.7 Å². The second kappa shape index (κ2) is 7.48. The number of carbonyl (C=O) groups excluding carboxylic acids is 2. The number of halogens is 2. The van der Waals surface area contributed by atoms with Crippen LogP contribution >= 0.6 is 23.2 Å². The van der Waals surface area contributed by atoms with E-state index in [4.69, 9.17) is 23.2 Å². The summed E-state index contributed by atoms with van der Waals surface area (Å²) in [7, 11) is 0. The summed E-state index contributed by atoms with van der Waals surface area (Å²) in [5.74, 6) is 1.06. The largest absolute Gasteiger partial charge is 0.493 e. The topological polar surface area (TPSA) is 107 Å². The molecule has 1 aromatic heterocycles. The standard InChI is InChI=1S/C22H24Cl2N4O3/c1-10(25-21(31)22-7-11-2-12(8-22)4-13(3-11)9-22)19(29)28-27-18-15-5-14(23)6-16(24)17(15)26-20(18)30/h5-6,10-13,26,30H,2-4,7-9H2,1H3,(H,25,31). The third kappa shape index (κ3) is 3.61. The smallest absolute Gasteiger partial charge is 0.286 e. The van der Waals surface area contributed by atoms with E-state index < -0.39 is 11.9 Å². The Morgan fingerprint density at radius 3 is 2.39 bits per heavy atom. The Kier molecular flexibility index (Phi) is 5.01. The number of rotatable bonds is 4. The van der Waals surface area contributed by atoms with Crippen LogP contribution < -0.4 is 5.32 Å². The maximum absolute atomic E-state index is 13.1. The Bertz CT molecular complexity index is 1070. The molecule has 4 aliphatic carbocycles. The van der Waals surface area contributed by atoms with E-state index in [1.807, 2.05) is 0 Å². The lowest BCUT2D eigenvalue weighted by atomic mass is 9.49. The van der Waals surface area contributed by atoms with Gasteiger partial charge in [-0.2, -0.15) is 0 Å². The number of H-pyrrole nitrogens is 1. The number of carbonyl (C=O) groups is 2. The molecule has 4 fully saturated rings. The van der Waals surface area contributed by atoms with Crippen molar-refractivity contribution in [2.75, 3.05) is 0 Å². The van der Waals surface area contributed by atoms with Crippen LogP contribution in [0.4, 0.5) is 5.69 Å². The number of azo groups is 1. The van der Waals surface area contributed by atoms with Crippen molar-refractivity contribution in [2.45, 2.75) is 51.5 Å². The van der Waals surface area contributed by atoms with Gasteiger partial charge in [0.05, 0.1) is 10.5 Å². The molecular weight excluding hydrogens is 439 g/mol. The van der Waals surface area contributed by atoms with Crippen molar-refractivity contribution in [1.29, 1.82) is 0 Å². The van der Waals surface area contributed by atoms with Crippen LogP contribution in [0, 0.1) is 23.2 Å². The van der Waals surface area contributed by atoms with Gasteiger partial charge in [-0.25, -0.2) is 0 Å². The van der Waals surface area contributed by atoms with Crippen LogP contribution in [-0.2, 0) is 9.59 Å². The summed E-state index contributed by atoms with van der Waals surface area (Å²) < 4.78 is 0. The zero-order valence-corrected chi connectivity index (χ0v) is 18.6. The van der Waals surface area contributed by atoms with Gasteiger partial charge >= 0.3 is 0 Å². The van der Waals surface area contributed by atoms with Crippen molar-refractivity contribution in [3.8, 4) is 5.88 Å². The molecule has 6 rings (SSSR count). The number of aromatic nitrogens is 1. The molecule has 4 saturated carbocycles. The minimum Gasteiger partial charge on any atom is -0.493 e. The normalized spacial score (nSPS) is 30.2. The Morgan fingerprint density at radius 1 is 1.16 bits per heavy atom. The van der Waals surface area contributed by atoms with Crippen LogP contribution in [-0.4, -0.2) is 27.9 Å². The lowest BCUT2D eigenvalue weighted by Gasteiger charge is -2.55. The second-order valence-electron chi connectivity index (χ2n) is 9.56. The number of hydrogen-bond acceptors (Lipinski definition) is 4. The molecule has 1 unspecified atom stereocenters. The van der Waals surface area contributed by atoms with Crippen LogP contribution in [0.5, 0.6) is 5.88 Å². The summed E-state index contributed by atoms with van der Waals surface area (Å²) in [6, 6.07) is 2.31. The molecule has 9 heteroatoms. The molecule has 4 bridgehead atoms. The van der Waals surface area contributed by atoms with Crippen LogP contribution in [0.1, 0.15) is 45.4 Å². The van der Waals surface area contributed by atoms with Gasteiger partial charge in [0.2, 0.25) is 11.8 Å². The number of hydrogen-bond donors (Lipinski definition) is 3. The van der Waals surface area contributed by atoms with E-state index in [1.54, 1.807) is 13.0 Å². The maximum Gasteiger partial charge on any atom is 0.286 e. The lowest BCUT2D eigenvalue weighted by Crippen LogP contribution is -2.55. The van der Waals surface area contributed by atoms with Crippen molar-refractivity contribution in [2.24, 2.45) is 33.4 Å². The minimum atomic E-state index is -0.802. The van der Waals surface area contributed by atoms with Gasteiger partial charge in [0.1, 0.15) is 6.04 Å². The molecule has 2 aromatic rings. The van der Waals surface area contributed by atoms with Gasteiger partial charge < -0.3 is 15.4 Å². The van der Waals surface area contributed by atoms with Gasteiger partial charge in [-0.1, -0.05) is 23.2 Å². The highest BCUT2D eigenvalue weighted by Crippen LogP contribution is 2.60. The van der Waals surface area contributed by atoms with Gasteiger partial charge in [0.25, 0.3) is 5.91 Å². The Hall–Kier alpha value is -2.12. The van der Waals surface area contributed by atoms with Crippen molar-refractivity contribution in [1.82, 2.24) is 10.3 Å². The third-order valence-corrected chi connectivity index (χ3v) is 7.78. The lowest BCUT2D eigenvalue weighted by molar-refractivity contribution is -0.148. The van der Waals surface area contributed by atoms with Gasteiger partial charge in [0, 0.05) is 15.8 Å². The summed E-state index contributed by atoms with van der Waals surface area (Å²) in [5.41, 5.74) is 0.198. The average Bonchev–Trinajstić information content (AvgIpc) is 3.00. The molecule has 3 N–H and O–H groups in total. The minimum absolute atomic E-state index is 0.0313. The van der Waals surface area contributed by atoms with E-state index in [0.29, 0.717) is 38.7 Å². The summed E-state index contributed by atoms with van der Waals surface area (Å²) in [4.78, 5) is 28.4. The van der Waals surface area contributed by atoms with Crippen LogP contribution in [0.25, 0.3) is 10.9 Å².